The van der Waals surface area contributed by atoms with E-state index in [4.69, 9.17) is 0 Å². The first-order chi connectivity index (χ1) is 17.7. The third-order valence-corrected chi connectivity index (χ3v) is 6.96. The summed E-state index contributed by atoms with van der Waals surface area (Å²) < 4.78 is 2.23. The molecule has 0 aliphatic carbocycles. The van der Waals surface area contributed by atoms with Crippen molar-refractivity contribution in [2.24, 2.45) is 9.98 Å². The Balaban J connectivity index is 0.000000168. The average molecular weight is 568 g/mol. The molecule has 37 heavy (non-hydrogen) atoms. The van der Waals surface area contributed by atoms with Crippen LogP contribution in [0, 0.1) is 0 Å². The van der Waals surface area contributed by atoms with E-state index >= 15 is 0 Å². The summed E-state index contributed by atoms with van der Waals surface area (Å²) in [4.78, 5) is 17.4. The minimum atomic E-state index is 0. The first-order valence-corrected chi connectivity index (χ1v) is 12.6. The van der Waals surface area contributed by atoms with E-state index in [1.54, 1.807) is 36.7 Å². The zero-order valence-corrected chi connectivity index (χ0v) is 21.9. The molecule has 0 saturated carbocycles. The summed E-state index contributed by atoms with van der Waals surface area (Å²) in [5, 5.41) is 20.6. The minimum Gasteiger partial charge on any atom is -0.507 e. The van der Waals surface area contributed by atoms with Gasteiger partial charge in [-0.05, 0) is 48.5 Å². The van der Waals surface area contributed by atoms with Crippen LogP contribution in [0.3, 0.4) is 0 Å². The average Bonchev–Trinajstić information content (AvgIpc) is 3.51. The van der Waals surface area contributed by atoms with Crippen LogP contribution >= 0.6 is 22.7 Å². The molecule has 6 rings (SSSR count). The van der Waals surface area contributed by atoms with Crippen LogP contribution in [0.2, 0.25) is 0 Å². The SMILES string of the molecule is Oc1ccccc1/C=N/c1nc2ccccc2s1.Oc1ccccc1/C=N/c1nc2ccccc2s1.[Co]. The molecule has 1 radical (unpaired) electrons. The van der Waals surface area contributed by atoms with Crippen molar-refractivity contribution in [3.63, 3.8) is 0 Å². The predicted octanol–water partition coefficient (Wildman–Crippen LogP) is 7.50. The Hall–Kier alpha value is -3.89. The van der Waals surface area contributed by atoms with E-state index in [2.05, 4.69) is 20.0 Å². The van der Waals surface area contributed by atoms with Gasteiger partial charge < -0.3 is 10.2 Å². The van der Waals surface area contributed by atoms with Crippen molar-refractivity contribution in [3.8, 4) is 11.5 Å². The molecule has 4 aromatic carbocycles. The maximum Gasteiger partial charge on any atom is 0.210 e. The molecule has 0 unspecified atom stereocenters. The van der Waals surface area contributed by atoms with Crippen molar-refractivity contribution >= 4 is 65.8 Å². The third-order valence-electron chi connectivity index (χ3n) is 5.07. The van der Waals surface area contributed by atoms with Crippen LogP contribution in [0.4, 0.5) is 10.3 Å². The monoisotopic (exact) mass is 567 g/mol. The van der Waals surface area contributed by atoms with Gasteiger partial charge in [0.25, 0.3) is 0 Å². The first kappa shape index (κ1) is 26.2. The number of rotatable bonds is 4. The Kier molecular flexibility index (Phi) is 8.75. The topological polar surface area (TPSA) is 91.0 Å². The minimum absolute atomic E-state index is 0. The maximum absolute atomic E-state index is 9.62. The standard InChI is InChI=1S/2C14H10N2OS.Co/c2*17-12-7-3-1-5-10(12)9-15-14-16-11-6-2-4-8-13(11)18-14;/h2*1-9,17H;/b2*15-9+;. The molecule has 0 fully saturated rings. The molecule has 0 bridgehead atoms. The number of thiazole rings is 2. The van der Waals surface area contributed by atoms with E-state index in [1.165, 1.54) is 22.7 Å². The number of phenols is 2. The summed E-state index contributed by atoms with van der Waals surface area (Å²) in [6.45, 7) is 0. The molecule has 0 aliphatic rings. The van der Waals surface area contributed by atoms with E-state index in [0.717, 1.165) is 20.4 Å². The summed E-state index contributed by atoms with van der Waals surface area (Å²) >= 11 is 3.06. The quantitative estimate of drug-likeness (QED) is 0.216. The van der Waals surface area contributed by atoms with Gasteiger partial charge in [-0.3, -0.25) is 0 Å². The van der Waals surface area contributed by atoms with Crippen molar-refractivity contribution in [3.05, 3.63) is 108 Å². The summed E-state index contributed by atoms with van der Waals surface area (Å²) in [5.74, 6) is 0.449. The molecule has 0 atom stereocenters. The second-order valence-electron chi connectivity index (χ2n) is 7.56. The van der Waals surface area contributed by atoms with Crippen molar-refractivity contribution in [1.82, 2.24) is 9.97 Å². The molecule has 2 N–H and O–H groups in total. The Bertz CT molecular complexity index is 1500. The van der Waals surface area contributed by atoms with Crippen LogP contribution in [-0.2, 0) is 16.8 Å². The smallest absolute Gasteiger partial charge is 0.210 e. The molecule has 6 aromatic rings. The number of para-hydroxylation sites is 4. The molecule has 6 nitrogen and oxygen atoms in total. The number of benzene rings is 4. The Morgan fingerprint density at radius 2 is 0.919 bits per heavy atom. The van der Waals surface area contributed by atoms with Gasteiger partial charge in [-0.2, -0.15) is 0 Å². The second-order valence-corrected chi connectivity index (χ2v) is 9.58. The normalized spacial score (nSPS) is 11.0. The van der Waals surface area contributed by atoms with Gasteiger partial charge in [0.1, 0.15) is 11.5 Å². The number of fused-ring (bicyclic) bond motifs is 2. The fraction of sp³-hybridized carbons (Fsp3) is 0. The number of hydrogen-bond donors (Lipinski definition) is 2. The van der Waals surface area contributed by atoms with Crippen LogP contribution < -0.4 is 0 Å². The molecule has 0 amide bonds. The molecule has 0 saturated heterocycles. The van der Waals surface area contributed by atoms with Gasteiger partial charge in [0.15, 0.2) is 0 Å². The Morgan fingerprint density at radius 1 is 0.541 bits per heavy atom. The van der Waals surface area contributed by atoms with Crippen LogP contribution in [0.5, 0.6) is 11.5 Å². The molecular formula is C28H20CoN4O2S2. The fourth-order valence-electron chi connectivity index (χ4n) is 3.27. The molecule has 9 heteroatoms. The third kappa shape index (κ3) is 6.66. The van der Waals surface area contributed by atoms with Gasteiger partial charge in [0, 0.05) is 40.3 Å². The van der Waals surface area contributed by atoms with Gasteiger partial charge in [-0.1, -0.05) is 71.2 Å². The number of phenolic OH excluding ortho intramolecular Hbond substituents is 2. The van der Waals surface area contributed by atoms with Gasteiger partial charge in [0.05, 0.1) is 20.4 Å². The van der Waals surface area contributed by atoms with Crippen LogP contribution in [0.1, 0.15) is 11.1 Å². The number of aromatic nitrogens is 2. The number of aromatic hydroxyl groups is 2. The zero-order valence-electron chi connectivity index (χ0n) is 19.2. The van der Waals surface area contributed by atoms with E-state index in [0.29, 0.717) is 21.4 Å². The first-order valence-electron chi connectivity index (χ1n) is 11.0. The molecular weight excluding hydrogens is 547 g/mol. The number of nitrogens with zero attached hydrogens (tertiary/aromatic N) is 4. The summed E-state index contributed by atoms with van der Waals surface area (Å²) in [6.07, 6.45) is 3.26. The Labute approximate surface area is 231 Å². The number of aliphatic imine (C=N–C) groups is 2. The van der Waals surface area contributed by atoms with Gasteiger partial charge in [0.2, 0.25) is 10.3 Å². The molecule has 0 aliphatic heterocycles. The van der Waals surface area contributed by atoms with Crippen molar-refractivity contribution < 1.29 is 27.0 Å². The zero-order chi connectivity index (χ0) is 24.7. The molecule has 185 valence electrons. The van der Waals surface area contributed by atoms with Crippen molar-refractivity contribution in [2.75, 3.05) is 0 Å². The van der Waals surface area contributed by atoms with Crippen LogP contribution in [-0.4, -0.2) is 32.6 Å². The fourth-order valence-corrected chi connectivity index (χ4v) is 4.90. The van der Waals surface area contributed by atoms with E-state index in [9.17, 15) is 10.2 Å². The summed E-state index contributed by atoms with van der Waals surface area (Å²) in [5.41, 5.74) is 3.28. The predicted molar refractivity (Wildman–Crippen MR) is 150 cm³/mol. The van der Waals surface area contributed by atoms with Crippen molar-refractivity contribution in [1.29, 1.82) is 0 Å². The maximum atomic E-state index is 9.62. The van der Waals surface area contributed by atoms with Crippen LogP contribution in [0.15, 0.2) is 107 Å². The summed E-state index contributed by atoms with van der Waals surface area (Å²) in [6, 6.07) is 30.0. The van der Waals surface area contributed by atoms with Gasteiger partial charge in [-0.15, -0.1) is 0 Å². The second kappa shape index (κ2) is 12.4. The van der Waals surface area contributed by atoms with Crippen molar-refractivity contribution in [2.45, 2.75) is 0 Å². The molecule has 2 aromatic heterocycles. The largest absolute Gasteiger partial charge is 0.507 e. The van der Waals surface area contributed by atoms with E-state index in [1.807, 2.05) is 72.8 Å². The van der Waals surface area contributed by atoms with Gasteiger partial charge >= 0.3 is 0 Å². The van der Waals surface area contributed by atoms with Gasteiger partial charge in [-0.25, -0.2) is 20.0 Å². The molecule has 0 spiro atoms. The summed E-state index contributed by atoms with van der Waals surface area (Å²) in [7, 11) is 0. The molecule has 2 heterocycles. The Morgan fingerprint density at radius 3 is 1.32 bits per heavy atom. The van der Waals surface area contributed by atoms with E-state index in [-0.39, 0.29) is 28.3 Å². The number of hydrogen-bond acceptors (Lipinski definition) is 8. The van der Waals surface area contributed by atoms with E-state index < -0.39 is 0 Å². The van der Waals surface area contributed by atoms with Crippen LogP contribution in [0.25, 0.3) is 20.4 Å².